The van der Waals surface area contributed by atoms with Gasteiger partial charge < -0.3 is 10.6 Å². The van der Waals surface area contributed by atoms with Crippen molar-refractivity contribution in [3.8, 4) is 0 Å². The fourth-order valence-corrected chi connectivity index (χ4v) is 2.36. The normalized spacial score (nSPS) is 18.4. The molecule has 7 heteroatoms. The van der Waals surface area contributed by atoms with Crippen LogP contribution in [-0.2, 0) is 16.0 Å². The van der Waals surface area contributed by atoms with Crippen molar-refractivity contribution in [3.63, 3.8) is 0 Å². The Hall–Kier alpha value is -2.44. The monoisotopic (exact) mass is 277 g/mol. The highest BCUT2D eigenvalue weighted by Crippen LogP contribution is 2.30. The molecule has 2 amide bonds. The van der Waals surface area contributed by atoms with E-state index in [9.17, 15) is 19.7 Å². The van der Waals surface area contributed by atoms with Gasteiger partial charge in [0.05, 0.1) is 10.8 Å². The topological polar surface area (TPSA) is 107 Å². The van der Waals surface area contributed by atoms with Gasteiger partial charge in [0.25, 0.3) is 5.69 Å². The second-order valence-corrected chi connectivity index (χ2v) is 4.73. The summed E-state index contributed by atoms with van der Waals surface area (Å²) in [5.74, 6) is -1.18. The van der Waals surface area contributed by atoms with Crippen LogP contribution in [0.15, 0.2) is 18.2 Å². The number of rotatable bonds is 4. The minimum Gasteiger partial charge on any atom is -0.369 e. The van der Waals surface area contributed by atoms with Gasteiger partial charge in [0.15, 0.2) is 0 Å². The Labute approximate surface area is 115 Å². The molecule has 106 valence electrons. The van der Waals surface area contributed by atoms with Crippen molar-refractivity contribution in [3.05, 3.63) is 33.9 Å². The molecule has 1 saturated heterocycles. The number of primary amides is 1. The van der Waals surface area contributed by atoms with Gasteiger partial charge in [0, 0.05) is 30.8 Å². The Kier molecular flexibility index (Phi) is 3.69. The minimum absolute atomic E-state index is 0.0105. The second kappa shape index (κ2) is 5.28. The number of benzene rings is 1. The lowest BCUT2D eigenvalue weighted by Gasteiger charge is -2.19. The molecule has 2 N–H and O–H groups in total. The summed E-state index contributed by atoms with van der Waals surface area (Å²) in [6, 6.07) is 4.37. The Bertz CT molecular complexity index is 585. The van der Waals surface area contributed by atoms with Crippen molar-refractivity contribution in [2.24, 2.45) is 11.7 Å². The predicted molar refractivity (Wildman–Crippen MR) is 72.1 cm³/mol. The zero-order valence-corrected chi connectivity index (χ0v) is 11.0. The maximum absolute atomic E-state index is 12.0. The van der Waals surface area contributed by atoms with Crippen LogP contribution in [0.2, 0.25) is 0 Å². The number of nitro benzene ring substituents is 1. The maximum atomic E-state index is 12.0. The molecule has 0 aromatic heterocycles. The number of carbonyl (C=O) groups excluding carboxylic acids is 2. The Morgan fingerprint density at radius 2 is 2.25 bits per heavy atom. The highest BCUT2D eigenvalue weighted by molar-refractivity contribution is 6.00. The van der Waals surface area contributed by atoms with Crippen LogP contribution >= 0.6 is 0 Å². The van der Waals surface area contributed by atoms with Crippen LogP contribution in [0, 0.1) is 16.0 Å². The molecule has 1 atom stereocenters. The van der Waals surface area contributed by atoms with Crippen LogP contribution in [0.1, 0.15) is 18.9 Å². The van der Waals surface area contributed by atoms with Gasteiger partial charge in [-0.3, -0.25) is 19.7 Å². The Balaban J connectivity index is 2.35. The van der Waals surface area contributed by atoms with Gasteiger partial charge in [0.2, 0.25) is 11.8 Å². The lowest BCUT2D eigenvalue weighted by molar-refractivity contribution is -0.384. The van der Waals surface area contributed by atoms with Crippen molar-refractivity contribution in [2.75, 3.05) is 11.4 Å². The van der Waals surface area contributed by atoms with Crippen LogP contribution in [0.3, 0.4) is 0 Å². The number of nitrogens with two attached hydrogens (primary N) is 1. The van der Waals surface area contributed by atoms with Crippen LogP contribution in [0.25, 0.3) is 0 Å². The quantitative estimate of drug-likeness (QED) is 0.654. The third-order valence-electron chi connectivity index (χ3n) is 3.47. The fourth-order valence-electron chi connectivity index (χ4n) is 2.36. The molecule has 0 spiro atoms. The number of carbonyl (C=O) groups is 2. The van der Waals surface area contributed by atoms with Crippen molar-refractivity contribution in [1.82, 2.24) is 0 Å². The zero-order valence-electron chi connectivity index (χ0n) is 11.0. The Morgan fingerprint density at radius 1 is 1.55 bits per heavy atom. The second-order valence-electron chi connectivity index (χ2n) is 4.73. The van der Waals surface area contributed by atoms with Gasteiger partial charge in [-0.05, 0) is 18.1 Å². The standard InChI is InChI=1S/C13H15N3O4/c1-2-8-5-10(16(19)20)3-4-11(8)15-7-9(13(14)18)6-12(15)17/h3-5,9H,2,6-7H2,1H3,(H2,14,18)/t9-/m1/s1. The van der Waals surface area contributed by atoms with E-state index in [1.54, 1.807) is 6.07 Å². The highest BCUT2D eigenvalue weighted by Gasteiger charge is 2.34. The highest BCUT2D eigenvalue weighted by atomic mass is 16.6. The summed E-state index contributed by atoms with van der Waals surface area (Å²) in [7, 11) is 0. The number of hydrogen-bond donors (Lipinski definition) is 1. The number of nitro groups is 1. The van der Waals surface area contributed by atoms with Crippen LogP contribution in [0.5, 0.6) is 0 Å². The van der Waals surface area contributed by atoms with E-state index in [-0.39, 0.29) is 24.6 Å². The summed E-state index contributed by atoms with van der Waals surface area (Å²) in [4.78, 5) is 34.9. The van der Waals surface area contributed by atoms with Gasteiger partial charge in [-0.25, -0.2) is 0 Å². The van der Waals surface area contributed by atoms with Gasteiger partial charge in [-0.2, -0.15) is 0 Å². The number of nitrogens with zero attached hydrogens (tertiary/aromatic N) is 2. The number of anilines is 1. The average molecular weight is 277 g/mol. The molecule has 2 rings (SSSR count). The zero-order chi connectivity index (χ0) is 14.9. The molecule has 0 saturated carbocycles. The minimum atomic E-state index is -0.499. The number of amides is 2. The van der Waals surface area contributed by atoms with Crippen molar-refractivity contribution in [1.29, 1.82) is 0 Å². The number of aryl methyl sites for hydroxylation is 1. The van der Waals surface area contributed by atoms with E-state index in [0.29, 0.717) is 17.7 Å². The SMILES string of the molecule is CCc1cc([N+](=O)[O-])ccc1N1C[C@H](C(N)=O)CC1=O. The summed E-state index contributed by atoms with van der Waals surface area (Å²) in [5, 5.41) is 10.8. The van der Waals surface area contributed by atoms with Crippen LogP contribution in [0.4, 0.5) is 11.4 Å². The summed E-state index contributed by atoms with van der Waals surface area (Å²) in [6.45, 7) is 2.09. The summed E-state index contributed by atoms with van der Waals surface area (Å²) in [6.07, 6.45) is 0.650. The van der Waals surface area contributed by atoms with E-state index < -0.39 is 16.7 Å². The Morgan fingerprint density at radius 3 is 2.75 bits per heavy atom. The van der Waals surface area contributed by atoms with E-state index in [4.69, 9.17) is 5.73 Å². The van der Waals surface area contributed by atoms with Gasteiger partial charge in [0.1, 0.15) is 0 Å². The maximum Gasteiger partial charge on any atom is 0.269 e. The largest absolute Gasteiger partial charge is 0.369 e. The molecule has 1 heterocycles. The number of hydrogen-bond acceptors (Lipinski definition) is 4. The lowest BCUT2D eigenvalue weighted by atomic mass is 10.1. The first-order chi connectivity index (χ1) is 9.43. The molecule has 0 aliphatic carbocycles. The van der Waals surface area contributed by atoms with E-state index in [2.05, 4.69) is 0 Å². The molecular weight excluding hydrogens is 262 g/mol. The predicted octanol–water partition coefficient (Wildman–Crippen LogP) is 0.995. The smallest absolute Gasteiger partial charge is 0.269 e. The molecular formula is C13H15N3O4. The molecule has 1 aliphatic heterocycles. The van der Waals surface area contributed by atoms with Crippen molar-refractivity contribution < 1.29 is 14.5 Å². The third kappa shape index (κ3) is 2.47. The van der Waals surface area contributed by atoms with E-state index in [1.165, 1.54) is 17.0 Å². The molecule has 0 bridgehead atoms. The molecule has 7 nitrogen and oxygen atoms in total. The van der Waals surface area contributed by atoms with Gasteiger partial charge in [-0.15, -0.1) is 0 Å². The molecule has 1 aliphatic rings. The number of non-ortho nitro benzene ring substituents is 1. The van der Waals surface area contributed by atoms with E-state index >= 15 is 0 Å². The molecule has 1 fully saturated rings. The van der Waals surface area contributed by atoms with E-state index in [0.717, 1.165) is 0 Å². The summed E-state index contributed by atoms with van der Waals surface area (Å²) < 4.78 is 0. The molecule has 1 aromatic rings. The van der Waals surface area contributed by atoms with Crippen LogP contribution in [-0.4, -0.2) is 23.3 Å². The lowest BCUT2D eigenvalue weighted by Crippen LogP contribution is -2.29. The summed E-state index contributed by atoms with van der Waals surface area (Å²) >= 11 is 0. The molecule has 20 heavy (non-hydrogen) atoms. The summed E-state index contributed by atoms with van der Waals surface area (Å²) in [5.41, 5.74) is 6.54. The van der Waals surface area contributed by atoms with Crippen molar-refractivity contribution in [2.45, 2.75) is 19.8 Å². The van der Waals surface area contributed by atoms with Crippen molar-refractivity contribution >= 4 is 23.2 Å². The fraction of sp³-hybridized carbons (Fsp3) is 0.385. The average Bonchev–Trinajstić information content (AvgIpc) is 2.80. The first-order valence-corrected chi connectivity index (χ1v) is 6.31. The van der Waals surface area contributed by atoms with Gasteiger partial charge >= 0.3 is 0 Å². The van der Waals surface area contributed by atoms with E-state index in [1.807, 2.05) is 6.92 Å². The first-order valence-electron chi connectivity index (χ1n) is 6.31. The molecule has 0 radical (unpaired) electrons. The molecule has 1 aromatic carbocycles. The first kappa shape index (κ1) is 14.0. The third-order valence-corrected chi connectivity index (χ3v) is 3.47. The van der Waals surface area contributed by atoms with Crippen LogP contribution < -0.4 is 10.6 Å². The molecule has 0 unspecified atom stereocenters. The van der Waals surface area contributed by atoms with Gasteiger partial charge in [-0.1, -0.05) is 6.92 Å².